The van der Waals surface area contributed by atoms with Gasteiger partial charge < -0.3 is 0 Å². The molecule has 0 amide bonds. The number of imidazole rings is 1. The van der Waals surface area contributed by atoms with Crippen molar-refractivity contribution in [2.45, 2.75) is 38.4 Å². The molecule has 1 N–H and O–H groups in total. The maximum atomic E-state index is 12.2. The molecule has 0 aromatic carbocycles. The lowest BCUT2D eigenvalue weighted by Crippen LogP contribution is -2.37. The van der Waals surface area contributed by atoms with Gasteiger partial charge in [0.05, 0.1) is 11.4 Å². The van der Waals surface area contributed by atoms with Crippen molar-refractivity contribution in [3.63, 3.8) is 0 Å². The summed E-state index contributed by atoms with van der Waals surface area (Å²) in [6.07, 6.45) is 0.942. The molecule has 0 radical (unpaired) electrons. The molecule has 0 spiro atoms. The maximum absolute atomic E-state index is 12.2. The second-order valence-corrected chi connectivity index (χ2v) is 7.87. The van der Waals surface area contributed by atoms with E-state index in [0.717, 1.165) is 35.8 Å². The van der Waals surface area contributed by atoms with E-state index in [1.165, 1.54) is 0 Å². The van der Waals surface area contributed by atoms with Crippen molar-refractivity contribution < 1.29 is 21.6 Å². The van der Waals surface area contributed by atoms with Gasteiger partial charge in [0.1, 0.15) is 5.65 Å². The zero-order valence-corrected chi connectivity index (χ0v) is 16.9. The van der Waals surface area contributed by atoms with Crippen LogP contribution in [0.1, 0.15) is 29.9 Å². The molecule has 1 aliphatic rings. The number of hydrogen-bond donors (Lipinski definition) is 1. The summed E-state index contributed by atoms with van der Waals surface area (Å²) in [6, 6.07) is 5.94. The summed E-state index contributed by atoms with van der Waals surface area (Å²) in [5, 5.41) is 0. The Balaban J connectivity index is 0.00000182. The SMILES string of the molecule is Cc1nc2cccc3n2c1CN(CCCCNS(=O)(=O)C(F)(F)F)C3.Cl.Cl. The summed E-state index contributed by atoms with van der Waals surface area (Å²) in [4.78, 5) is 6.72. The van der Waals surface area contributed by atoms with E-state index in [9.17, 15) is 21.6 Å². The maximum Gasteiger partial charge on any atom is 0.511 e. The molecule has 2 aromatic rings. The van der Waals surface area contributed by atoms with Crippen LogP contribution in [-0.4, -0.2) is 41.3 Å². The lowest BCUT2D eigenvalue weighted by molar-refractivity contribution is -0.0447. The lowest BCUT2D eigenvalue weighted by atomic mass is 10.2. The molecule has 3 rings (SSSR count). The molecular weight excluding hydrogens is 428 g/mol. The zero-order chi connectivity index (χ0) is 18.2. The molecule has 0 saturated heterocycles. The van der Waals surface area contributed by atoms with Crippen LogP contribution in [0.15, 0.2) is 18.2 Å². The van der Waals surface area contributed by atoms with Crippen molar-refractivity contribution in [2.24, 2.45) is 0 Å². The van der Waals surface area contributed by atoms with Crippen LogP contribution in [-0.2, 0) is 23.1 Å². The topological polar surface area (TPSA) is 66.7 Å². The standard InChI is InChI=1S/C15H19F3N4O2S.2ClH/c1-11-13-10-21(9-12-5-4-6-14(20-11)22(12)13)8-3-2-7-19-25(23,24)15(16,17)18;;/h4-6,19H,2-3,7-10H2,1H3;2*1H. The van der Waals surface area contributed by atoms with E-state index in [2.05, 4.69) is 14.3 Å². The van der Waals surface area contributed by atoms with Gasteiger partial charge in [-0.05, 0) is 38.4 Å². The van der Waals surface area contributed by atoms with E-state index in [1.807, 2.05) is 25.1 Å². The summed E-state index contributed by atoms with van der Waals surface area (Å²) in [5.74, 6) is 0. The summed E-state index contributed by atoms with van der Waals surface area (Å²) < 4.78 is 62.2. The first-order valence-electron chi connectivity index (χ1n) is 7.93. The Morgan fingerprint density at radius 3 is 2.56 bits per heavy atom. The van der Waals surface area contributed by atoms with Crippen LogP contribution in [0.4, 0.5) is 13.2 Å². The average Bonchev–Trinajstić information content (AvgIpc) is 2.84. The molecule has 0 atom stereocenters. The van der Waals surface area contributed by atoms with Crippen LogP contribution in [0.25, 0.3) is 5.65 Å². The van der Waals surface area contributed by atoms with Gasteiger partial charge in [-0.25, -0.2) is 18.1 Å². The highest BCUT2D eigenvalue weighted by Gasteiger charge is 2.45. The molecule has 154 valence electrons. The normalized spacial score (nSPS) is 14.7. The van der Waals surface area contributed by atoms with E-state index in [4.69, 9.17) is 0 Å². The number of pyridine rings is 1. The minimum absolute atomic E-state index is 0. The molecular formula is C15H21Cl2F3N4O2S. The van der Waals surface area contributed by atoms with Crippen LogP contribution in [0, 0.1) is 6.92 Å². The number of halogens is 5. The van der Waals surface area contributed by atoms with Gasteiger partial charge in [-0.2, -0.15) is 13.2 Å². The second kappa shape index (κ2) is 8.95. The lowest BCUT2D eigenvalue weighted by Gasteiger charge is -2.28. The third-order valence-electron chi connectivity index (χ3n) is 4.28. The predicted octanol–water partition coefficient (Wildman–Crippen LogP) is 3.02. The number of nitrogens with zero attached hydrogens (tertiary/aromatic N) is 3. The number of sulfonamides is 1. The Morgan fingerprint density at radius 1 is 1.19 bits per heavy atom. The molecule has 0 bridgehead atoms. The van der Waals surface area contributed by atoms with Gasteiger partial charge in [0.15, 0.2) is 0 Å². The minimum atomic E-state index is -5.26. The second-order valence-electron chi connectivity index (χ2n) is 6.12. The Hall–Kier alpha value is -1.07. The number of hydrogen-bond acceptors (Lipinski definition) is 4. The summed E-state index contributed by atoms with van der Waals surface area (Å²) in [7, 11) is -5.24. The third-order valence-corrected chi connectivity index (χ3v) is 5.47. The number of aromatic nitrogens is 2. The van der Waals surface area contributed by atoms with Gasteiger partial charge in [0, 0.05) is 25.3 Å². The van der Waals surface area contributed by atoms with Gasteiger partial charge in [0.25, 0.3) is 0 Å². The van der Waals surface area contributed by atoms with Crippen molar-refractivity contribution >= 4 is 40.5 Å². The third kappa shape index (κ3) is 5.05. The molecule has 0 unspecified atom stereocenters. The summed E-state index contributed by atoms with van der Waals surface area (Å²) in [5.41, 5.74) is -1.12. The van der Waals surface area contributed by atoms with Crippen LogP contribution in [0.3, 0.4) is 0 Å². The molecule has 27 heavy (non-hydrogen) atoms. The molecule has 6 nitrogen and oxygen atoms in total. The van der Waals surface area contributed by atoms with Gasteiger partial charge in [0.2, 0.25) is 0 Å². The molecule has 3 heterocycles. The summed E-state index contributed by atoms with van der Waals surface area (Å²) in [6.45, 7) is 3.87. The highest BCUT2D eigenvalue weighted by Crippen LogP contribution is 2.24. The van der Waals surface area contributed by atoms with Crippen molar-refractivity contribution in [1.82, 2.24) is 19.0 Å². The number of unbranched alkanes of at least 4 members (excludes halogenated alkanes) is 1. The summed E-state index contributed by atoms with van der Waals surface area (Å²) >= 11 is 0. The number of rotatable bonds is 6. The number of alkyl halides is 3. The molecule has 0 fully saturated rings. The molecule has 2 aromatic heterocycles. The zero-order valence-electron chi connectivity index (χ0n) is 14.5. The average molecular weight is 449 g/mol. The fourth-order valence-corrected chi connectivity index (χ4v) is 3.63. The highest BCUT2D eigenvalue weighted by atomic mass is 35.5. The first-order chi connectivity index (χ1) is 11.7. The molecule has 1 aliphatic heterocycles. The number of aryl methyl sites for hydroxylation is 1. The van der Waals surface area contributed by atoms with Crippen LogP contribution in [0.5, 0.6) is 0 Å². The minimum Gasteiger partial charge on any atom is -0.298 e. The molecule has 0 saturated carbocycles. The Labute approximate surface area is 168 Å². The smallest absolute Gasteiger partial charge is 0.298 e. The largest absolute Gasteiger partial charge is 0.511 e. The monoisotopic (exact) mass is 448 g/mol. The van der Waals surface area contributed by atoms with Gasteiger partial charge in [-0.15, -0.1) is 24.8 Å². The first kappa shape index (κ1) is 24.0. The van der Waals surface area contributed by atoms with Crippen molar-refractivity contribution in [3.05, 3.63) is 35.3 Å². The first-order valence-corrected chi connectivity index (χ1v) is 9.41. The molecule has 12 heteroatoms. The van der Waals surface area contributed by atoms with Crippen molar-refractivity contribution in [2.75, 3.05) is 13.1 Å². The number of nitrogens with one attached hydrogen (secondary N) is 1. The van der Waals surface area contributed by atoms with E-state index in [-0.39, 0.29) is 31.4 Å². The van der Waals surface area contributed by atoms with E-state index < -0.39 is 15.5 Å². The van der Waals surface area contributed by atoms with Crippen molar-refractivity contribution in [3.8, 4) is 0 Å². The van der Waals surface area contributed by atoms with E-state index in [1.54, 1.807) is 4.72 Å². The van der Waals surface area contributed by atoms with E-state index in [0.29, 0.717) is 19.4 Å². The van der Waals surface area contributed by atoms with Crippen LogP contribution in [0.2, 0.25) is 0 Å². The van der Waals surface area contributed by atoms with Gasteiger partial charge in [-0.3, -0.25) is 9.30 Å². The Morgan fingerprint density at radius 2 is 1.89 bits per heavy atom. The predicted molar refractivity (Wildman–Crippen MR) is 101 cm³/mol. The van der Waals surface area contributed by atoms with Crippen LogP contribution < -0.4 is 4.72 Å². The Bertz CT molecular complexity index is 887. The van der Waals surface area contributed by atoms with E-state index >= 15 is 0 Å². The fourth-order valence-electron chi connectivity index (χ4n) is 3.05. The van der Waals surface area contributed by atoms with Crippen molar-refractivity contribution in [1.29, 1.82) is 0 Å². The Kier molecular flexibility index (Phi) is 7.95. The van der Waals surface area contributed by atoms with Gasteiger partial charge >= 0.3 is 15.5 Å². The van der Waals surface area contributed by atoms with Crippen LogP contribution >= 0.6 is 24.8 Å². The highest BCUT2D eigenvalue weighted by molar-refractivity contribution is 7.90. The quantitative estimate of drug-likeness (QED) is 0.689. The van der Waals surface area contributed by atoms with Gasteiger partial charge in [-0.1, -0.05) is 6.07 Å². The molecule has 0 aliphatic carbocycles. The fraction of sp³-hybridized carbons (Fsp3) is 0.533.